The fraction of sp³-hybridized carbons (Fsp3) is 0.409. The Kier molecular flexibility index (Phi) is 7.45. The van der Waals surface area contributed by atoms with E-state index in [1.165, 1.54) is 12.4 Å². The van der Waals surface area contributed by atoms with Gasteiger partial charge in [0.25, 0.3) is 11.8 Å². The molecular formula is C22H25F2N5O3. The van der Waals surface area contributed by atoms with Crippen molar-refractivity contribution >= 4 is 23.5 Å². The highest BCUT2D eigenvalue weighted by atomic mass is 19.1. The van der Waals surface area contributed by atoms with E-state index in [4.69, 9.17) is 0 Å². The Hall–Kier alpha value is -3.43. The maximum Gasteiger partial charge on any atom is 0.273 e. The summed E-state index contributed by atoms with van der Waals surface area (Å²) in [5.74, 6) is -3.01. The minimum absolute atomic E-state index is 0.108. The number of carbonyl (C=O) groups is 3. The van der Waals surface area contributed by atoms with Crippen molar-refractivity contribution < 1.29 is 23.2 Å². The molecule has 1 saturated heterocycles. The number of likely N-dealkylation sites (tertiary alicyclic amines) is 1. The van der Waals surface area contributed by atoms with E-state index >= 15 is 0 Å². The van der Waals surface area contributed by atoms with Crippen molar-refractivity contribution in [2.45, 2.75) is 39.2 Å². The number of benzene rings is 1. The van der Waals surface area contributed by atoms with E-state index in [9.17, 15) is 23.2 Å². The summed E-state index contributed by atoms with van der Waals surface area (Å²) in [6, 6.07) is 2.40. The van der Waals surface area contributed by atoms with E-state index < -0.39 is 23.4 Å². The number of aromatic nitrogens is 2. The van der Waals surface area contributed by atoms with Crippen molar-refractivity contribution in [1.29, 1.82) is 0 Å². The molecule has 0 unspecified atom stereocenters. The van der Waals surface area contributed by atoms with Gasteiger partial charge in [0.15, 0.2) is 11.5 Å². The molecule has 2 aromatic rings. The third-order valence-corrected chi connectivity index (χ3v) is 5.09. The zero-order valence-electron chi connectivity index (χ0n) is 17.9. The summed E-state index contributed by atoms with van der Waals surface area (Å²) in [4.78, 5) is 47.1. The Morgan fingerprint density at radius 3 is 2.44 bits per heavy atom. The summed E-state index contributed by atoms with van der Waals surface area (Å²) >= 11 is 0. The molecule has 0 radical (unpaired) electrons. The zero-order chi connectivity index (χ0) is 23.3. The molecule has 1 fully saturated rings. The number of anilines is 1. The van der Waals surface area contributed by atoms with E-state index in [0.29, 0.717) is 38.4 Å². The third kappa shape index (κ3) is 5.83. The van der Waals surface area contributed by atoms with Gasteiger partial charge in [-0.2, -0.15) is 0 Å². The Morgan fingerprint density at radius 2 is 1.78 bits per heavy atom. The van der Waals surface area contributed by atoms with Crippen molar-refractivity contribution in [1.82, 2.24) is 20.2 Å². The summed E-state index contributed by atoms with van der Waals surface area (Å²) in [5, 5.41) is 5.21. The van der Waals surface area contributed by atoms with Crippen molar-refractivity contribution in [3.8, 4) is 0 Å². The lowest BCUT2D eigenvalue weighted by Gasteiger charge is -2.32. The molecule has 8 nitrogen and oxygen atoms in total. The summed E-state index contributed by atoms with van der Waals surface area (Å²) < 4.78 is 27.0. The number of nitrogens with one attached hydrogen (secondary N) is 2. The van der Waals surface area contributed by atoms with E-state index in [2.05, 4.69) is 20.6 Å². The first-order valence-electron chi connectivity index (χ1n) is 10.4. The van der Waals surface area contributed by atoms with Crippen LogP contribution in [0.1, 0.15) is 54.0 Å². The number of hydrogen-bond acceptors (Lipinski definition) is 5. The average molecular weight is 445 g/mol. The highest BCUT2D eigenvalue weighted by Gasteiger charge is 2.26. The fourth-order valence-electron chi connectivity index (χ4n) is 3.45. The van der Waals surface area contributed by atoms with Crippen LogP contribution in [0.5, 0.6) is 0 Å². The molecule has 0 spiro atoms. The van der Waals surface area contributed by atoms with Crippen LogP contribution in [0.3, 0.4) is 0 Å². The summed E-state index contributed by atoms with van der Waals surface area (Å²) in [5.41, 5.74) is -0.511. The number of nitrogens with zero attached hydrogens (tertiary/aromatic N) is 3. The van der Waals surface area contributed by atoms with Crippen LogP contribution in [0, 0.1) is 17.6 Å². The lowest BCUT2D eigenvalue weighted by atomic mass is 10.0. The summed E-state index contributed by atoms with van der Waals surface area (Å²) in [6.07, 6.45) is 4.27. The van der Waals surface area contributed by atoms with Gasteiger partial charge in [-0.05, 0) is 30.9 Å². The van der Waals surface area contributed by atoms with E-state index in [0.717, 1.165) is 12.1 Å². The molecule has 2 heterocycles. The maximum atomic E-state index is 13.9. The number of amides is 3. The van der Waals surface area contributed by atoms with Crippen molar-refractivity contribution in [3.63, 3.8) is 0 Å². The molecule has 10 heteroatoms. The van der Waals surface area contributed by atoms with Crippen molar-refractivity contribution in [3.05, 3.63) is 53.5 Å². The quantitative estimate of drug-likeness (QED) is 0.712. The van der Waals surface area contributed by atoms with E-state index in [1.54, 1.807) is 4.90 Å². The van der Waals surface area contributed by atoms with Crippen molar-refractivity contribution in [2.75, 3.05) is 18.4 Å². The van der Waals surface area contributed by atoms with Crippen molar-refractivity contribution in [2.24, 2.45) is 5.92 Å². The van der Waals surface area contributed by atoms with Crippen LogP contribution in [0.25, 0.3) is 0 Å². The molecule has 0 atom stereocenters. The SMILES string of the molecule is CC(C)CC(=O)N1CCC(NC(=O)c2nccnc2NC(=O)c2ccc(F)cc2F)CC1. The van der Waals surface area contributed by atoms with Gasteiger partial charge in [-0.25, -0.2) is 18.7 Å². The monoisotopic (exact) mass is 445 g/mol. The molecule has 1 aliphatic heterocycles. The first-order valence-corrected chi connectivity index (χ1v) is 10.4. The Morgan fingerprint density at radius 1 is 1.09 bits per heavy atom. The molecule has 3 amide bonds. The Bertz CT molecular complexity index is 1010. The van der Waals surface area contributed by atoms with Crippen LogP contribution in [-0.2, 0) is 4.79 Å². The molecule has 1 aromatic carbocycles. The van der Waals surface area contributed by atoms with Gasteiger partial charge in [0.2, 0.25) is 5.91 Å². The third-order valence-electron chi connectivity index (χ3n) is 5.09. The standard InChI is InChI=1S/C22H25F2N5O3/c1-13(2)11-18(30)29-9-5-15(6-10-29)27-22(32)19-20(26-8-7-25-19)28-21(31)16-4-3-14(23)12-17(16)24/h3-4,7-8,12-13,15H,5-6,9-11H2,1-2H3,(H,27,32)(H,26,28,31). The number of piperidine rings is 1. The Balaban J connectivity index is 1.62. The Labute approximate surface area is 184 Å². The highest BCUT2D eigenvalue weighted by molar-refractivity contribution is 6.07. The largest absolute Gasteiger partial charge is 0.348 e. The zero-order valence-corrected chi connectivity index (χ0v) is 17.9. The molecule has 0 aliphatic carbocycles. The molecule has 32 heavy (non-hydrogen) atoms. The minimum atomic E-state index is -1.03. The minimum Gasteiger partial charge on any atom is -0.348 e. The molecule has 1 aliphatic rings. The van der Waals surface area contributed by atoms with Gasteiger partial charge in [-0.15, -0.1) is 0 Å². The number of rotatable bonds is 6. The average Bonchev–Trinajstić information content (AvgIpc) is 2.74. The van der Waals surface area contributed by atoms with Gasteiger partial charge in [0.1, 0.15) is 11.6 Å². The molecule has 2 N–H and O–H groups in total. The van der Waals surface area contributed by atoms with Crippen LogP contribution < -0.4 is 10.6 Å². The van der Waals surface area contributed by atoms with Crippen LogP contribution in [0.15, 0.2) is 30.6 Å². The van der Waals surface area contributed by atoms with Gasteiger partial charge in [-0.3, -0.25) is 14.4 Å². The summed E-state index contributed by atoms with van der Waals surface area (Å²) in [6.45, 7) is 5.08. The predicted molar refractivity (Wildman–Crippen MR) is 113 cm³/mol. The van der Waals surface area contributed by atoms with Gasteiger partial charge >= 0.3 is 0 Å². The topological polar surface area (TPSA) is 104 Å². The van der Waals surface area contributed by atoms with Gasteiger partial charge in [0.05, 0.1) is 5.56 Å². The van der Waals surface area contributed by atoms with Crippen LogP contribution >= 0.6 is 0 Å². The van der Waals surface area contributed by atoms with E-state index in [1.807, 2.05) is 13.8 Å². The smallest absolute Gasteiger partial charge is 0.273 e. The fourth-order valence-corrected chi connectivity index (χ4v) is 3.45. The first-order chi connectivity index (χ1) is 15.2. The van der Waals surface area contributed by atoms with Gasteiger partial charge in [-0.1, -0.05) is 13.8 Å². The molecule has 1 aromatic heterocycles. The van der Waals surface area contributed by atoms with Gasteiger partial charge < -0.3 is 15.5 Å². The second-order valence-corrected chi connectivity index (χ2v) is 8.06. The molecule has 0 saturated carbocycles. The second-order valence-electron chi connectivity index (χ2n) is 8.06. The van der Waals surface area contributed by atoms with E-state index in [-0.39, 0.29) is 34.9 Å². The molecule has 170 valence electrons. The first kappa shape index (κ1) is 23.2. The van der Waals surface area contributed by atoms with Crippen LogP contribution in [0.4, 0.5) is 14.6 Å². The second kappa shape index (κ2) is 10.3. The highest BCUT2D eigenvalue weighted by Crippen LogP contribution is 2.17. The number of halogens is 2. The lowest BCUT2D eigenvalue weighted by Crippen LogP contribution is -2.47. The number of carbonyl (C=O) groups excluding carboxylic acids is 3. The normalized spacial score (nSPS) is 14.3. The maximum absolute atomic E-state index is 13.9. The molecule has 3 rings (SSSR count). The van der Waals surface area contributed by atoms with Gasteiger partial charge in [0, 0.05) is 44.0 Å². The lowest BCUT2D eigenvalue weighted by molar-refractivity contribution is -0.133. The molecular weight excluding hydrogens is 420 g/mol. The molecule has 0 bridgehead atoms. The van der Waals surface area contributed by atoms with Crippen LogP contribution in [-0.4, -0.2) is 51.7 Å². The number of hydrogen-bond donors (Lipinski definition) is 2. The van der Waals surface area contributed by atoms with Crippen LogP contribution in [0.2, 0.25) is 0 Å². The predicted octanol–water partition coefficient (Wildman–Crippen LogP) is 2.77. The summed E-state index contributed by atoms with van der Waals surface area (Å²) in [7, 11) is 0.